The Kier molecular flexibility index (Phi) is 28.3. The van der Waals surface area contributed by atoms with Crippen LogP contribution in [0.25, 0.3) is 0 Å². The van der Waals surface area contributed by atoms with Crippen LogP contribution in [0.4, 0.5) is 0 Å². The maximum Gasteiger partial charge on any atom is 0.246 e. The van der Waals surface area contributed by atoms with Gasteiger partial charge in [0.1, 0.15) is 66.2 Å². The lowest BCUT2D eigenvalue weighted by molar-refractivity contribution is -0.143. The average molecular weight is 1320 g/mol. The van der Waals surface area contributed by atoms with Crippen LogP contribution in [0.15, 0.2) is 115 Å². The number of primary amides is 1. The minimum atomic E-state index is -1.77. The van der Waals surface area contributed by atoms with Crippen LogP contribution in [-0.2, 0) is 83.2 Å². The first kappa shape index (κ1) is 73.7. The highest BCUT2D eigenvalue weighted by Gasteiger charge is 2.43. The number of nitrogens with two attached hydrogens (primary N) is 2. The Morgan fingerprint density at radius 2 is 0.865 bits per heavy atom. The highest BCUT2D eigenvalue weighted by molar-refractivity contribution is 6.01. The number of carbonyl (C=O) groups excluding carboxylic acids is 12. The Labute approximate surface area is 559 Å². The molecule has 0 unspecified atom stereocenters. The molecule has 26 heteroatoms. The third-order valence-electron chi connectivity index (χ3n) is 17.2. The van der Waals surface area contributed by atoms with E-state index >= 15 is 19.2 Å². The first-order valence-electron chi connectivity index (χ1n) is 33.3. The van der Waals surface area contributed by atoms with E-state index in [4.69, 9.17) is 11.5 Å². The topological polar surface area (TPSA) is 392 Å². The van der Waals surface area contributed by atoms with Gasteiger partial charge in [0.25, 0.3) is 0 Å². The fourth-order valence-corrected chi connectivity index (χ4v) is 12.2. The third-order valence-corrected chi connectivity index (χ3v) is 17.2. The number of nitrogens with zero attached hydrogens (tertiary/aromatic N) is 2. The molecule has 26 nitrogen and oxygen atoms in total. The van der Waals surface area contributed by atoms with Crippen molar-refractivity contribution in [3.8, 4) is 5.75 Å². The van der Waals surface area contributed by atoms with Crippen LogP contribution in [0.5, 0.6) is 5.75 Å². The number of phenols is 1. The highest BCUT2D eigenvalue weighted by atomic mass is 16.3. The molecule has 0 aromatic heterocycles. The van der Waals surface area contributed by atoms with E-state index in [0.717, 1.165) is 0 Å². The van der Waals surface area contributed by atoms with Gasteiger partial charge < -0.3 is 74.2 Å². The van der Waals surface area contributed by atoms with E-state index in [-0.39, 0.29) is 89.2 Å². The Balaban J connectivity index is 1.33. The standard InChI is InChI=1S/C70H93N13O13/c1-4-34-73-60(86)42-54-66(92)74-50(31-32-59(72)85)62(88)80-56(41-47-27-29-48(84)30-28-47)70(96)82-35-16-25-57(82)67(93)75-49(24-14-15-33-71)61(87)76-51(37-43(2)3)63(89)81-55(40-46-22-12-7-13-23-46)69(95)83-36-17-26-58(83)68(94)79-53(39-45-20-10-6-11-21-45)65(91)77-52(64(90)78-54)38-44-18-8-5-9-19-44/h5-13,18-23,27-30,43,49-58,84H,4,14-17,24-26,31-42,71H2,1-3H3,(H2,72,85)(H,73,86)(H,74,92)(H,75,93)(H,76,87)(H,77,91)(H,78,90)(H,79,94)(H,80,88)(H,81,89)/t49-,50-,51-,52+,53-,54-,55+,56-,57-,58-/m0/s1. The van der Waals surface area contributed by atoms with E-state index in [9.17, 15) is 43.5 Å². The minimum Gasteiger partial charge on any atom is -0.508 e. The molecule has 0 radical (unpaired) electrons. The van der Waals surface area contributed by atoms with Crippen LogP contribution in [0.1, 0.15) is 120 Å². The van der Waals surface area contributed by atoms with Crippen molar-refractivity contribution in [3.05, 3.63) is 138 Å². The van der Waals surface area contributed by atoms with Gasteiger partial charge in [-0.25, -0.2) is 0 Å². The number of unbranched alkanes of at least 4 members (excludes halogenated alkanes) is 1. The third kappa shape index (κ3) is 22.2. The fourth-order valence-electron chi connectivity index (χ4n) is 12.2. The van der Waals surface area contributed by atoms with Gasteiger partial charge in [-0.2, -0.15) is 0 Å². The predicted octanol–water partition coefficient (Wildman–Crippen LogP) is 0.894. The van der Waals surface area contributed by atoms with Gasteiger partial charge >= 0.3 is 0 Å². The molecule has 7 rings (SSSR count). The highest BCUT2D eigenvalue weighted by Crippen LogP contribution is 2.24. The first-order chi connectivity index (χ1) is 46.1. The van der Waals surface area contributed by atoms with Crippen molar-refractivity contribution < 1.29 is 62.6 Å². The molecule has 0 saturated carbocycles. The summed E-state index contributed by atoms with van der Waals surface area (Å²) in [5.74, 6) is -9.97. The van der Waals surface area contributed by atoms with Crippen LogP contribution >= 0.6 is 0 Å². The van der Waals surface area contributed by atoms with Gasteiger partial charge in [0.2, 0.25) is 70.9 Å². The number of benzene rings is 4. The van der Waals surface area contributed by atoms with E-state index < -0.39 is 151 Å². The molecule has 0 aliphatic carbocycles. The molecular weight excluding hydrogens is 1230 g/mol. The maximum absolute atomic E-state index is 15.2. The molecule has 516 valence electrons. The Morgan fingerprint density at radius 3 is 1.32 bits per heavy atom. The second-order valence-electron chi connectivity index (χ2n) is 25.3. The lowest BCUT2D eigenvalue weighted by atomic mass is 9.99. The van der Waals surface area contributed by atoms with Gasteiger partial charge in [0, 0.05) is 51.7 Å². The summed E-state index contributed by atoms with van der Waals surface area (Å²) in [5, 5.41) is 35.1. The van der Waals surface area contributed by atoms with Gasteiger partial charge in [-0.05, 0) is 111 Å². The Bertz CT molecular complexity index is 3320. The second kappa shape index (κ2) is 36.8. The summed E-state index contributed by atoms with van der Waals surface area (Å²) >= 11 is 0. The number of aromatic hydroxyl groups is 1. The largest absolute Gasteiger partial charge is 0.508 e. The normalized spacial score (nSPS) is 24.0. The van der Waals surface area contributed by atoms with Crippen molar-refractivity contribution in [1.29, 1.82) is 0 Å². The van der Waals surface area contributed by atoms with E-state index in [0.29, 0.717) is 54.4 Å². The molecule has 96 heavy (non-hydrogen) atoms. The minimum absolute atomic E-state index is 0.0218. The molecule has 10 atom stereocenters. The SMILES string of the molecule is CCCNC(=O)C[C@@H]1NC(=O)[C@@H](Cc2ccccc2)NC(=O)[C@H](Cc2ccccc2)NC(=O)[C@@H]2CCCN2C(=O)[C@@H](Cc2ccccc2)NC(=O)[C@H](CC(C)C)NC(=O)[C@H](CCCCN)NC(=O)[C@@H]2CCCN2C(=O)[C@H](Cc2ccc(O)cc2)NC(=O)[C@H](CCC(N)=O)NC1=O. The molecule has 4 aromatic carbocycles. The number of amides is 12. The predicted molar refractivity (Wildman–Crippen MR) is 356 cm³/mol. The number of hydrogen-bond acceptors (Lipinski definition) is 14. The molecule has 14 N–H and O–H groups in total. The summed E-state index contributed by atoms with van der Waals surface area (Å²) in [7, 11) is 0. The van der Waals surface area contributed by atoms with E-state index in [1.165, 1.54) is 34.1 Å². The zero-order chi connectivity index (χ0) is 69.3. The lowest BCUT2D eigenvalue weighted by Crippen LogP contribution is -2.62. The fraction of sp³-hybridized carbons (Fsp3) is 0.486. The van der Waals surface area contributed by atoms with E-state index in [1.807, 2.05) is 13.8 Å². The van der Waals surface area contributed by atoms with Gasteiger partial charge in [0.15, 0.2) is 0 Å². The van der Waals surface area contributed by atoms with Gasteiger partial charge in [-0.15, -0.1) is 0 Å². The van der Waals surface area contributed by atoms with Crippen molar-refractivity contribution in [1.82, 2.24) is 57.7 Å². The number of hydrogen-bond donors (Lipinski definition) is 12. The van der Waals surface area contributed by atoms with E-state index in [1.54, 1.807) is 97.9 Å². The lowest BCUT2D eigenvalue weighted by Gasteiger charge is -2.32. The molecule has 12 amide bonds. The maximum atomic E-state index is 15.2. The zero-order valence-electron chi connectivity index (χ0n) is 54.9. The summed E-state index contributed by atoms with van der Waals surface area (Å²) < 4.78 is 0. The smallest absolute Gasteiger partial charge is 0.246 e. The monoisotopic (exact) mass is 1320 g/mol. The number of fused-ring (bicyclic) bond motifs is 2. The first-order valence-corrected chi connectivity index (χ1v) is 33.3. The number of phenolic OH excluding ortho intramolecular Hbond substituents is 1. The van der Waals surface area contributed by atoms with Crippen LogP contribution in [0, 0.1) is 5.92 Å². The summed E-state index contributed by atoms with van der Waals surface area (Å²) in [6, 6.07) is 18.0. The molecular formula is C70H93N13O13. The molecule has 0 spiro atoms. The average Bonchev–Trinajstić information content (AvgIpc) is 1.60. The molecule has 3 aliphatic heterocycles. The Morgan fingerprint density at radius 1 is 0.490 bits per heavy atom. The molecule has 3 heterocycles. The van der Waals surface area contributed by atoms with Crippen LogP contribution < -0.4 is 59.3 Å². The van der Waals surface area contributed by atoms with Gasteiger partial charge in [-0.1, -0.05) is 124 Å². The summed E-state index contributed by atoms with van der Waals surface area (Å²) in [6.45, 7) is 6.05. The summed E-state index contributed by atoms with van der Waals surface area (Å²) in [5.41, 5.74) is 13.8. The van der Waals surface area contributed by atoms with E-state index in [2.05, 4.69) is 47.9 Å². The molecule has 3 fully saturated rings. The number of rotatable bonds is 21. The van der Waals surface area contributed by atoms with Gasteiger partial charge in [-0.3, -0.25) is 57.5 Å². The molecule has 0 bridgehead atoms. The van der Waals surface area contributed by atoms with Crippen LogP contribution in [0.3, 0.4) is 0 Å². The number of carbonyl (C=O) groups is 12. The van der Waals surface area contributed by atoms with Crippen molar-refractivity contribution in [3.63, 3.8) is 0 Å². The molecule has 3 aliphatic rings. The summed E-state index contributed by atoms with van der Waals surface area (Å²) in [4.78, 5) is 178. The van der Waals surface area contributed by atoms with Crippen molar-refractivity contribution >= 4 is 70.9 Å². The quantitative estimate of drug-likeness (QED) is 0.0516. The Hall–Kier alpha value is -9.72. The van der Waals surface area contributed by atoms with Gasteiger partial charge in [0.05, 0.1) is 6.42 Å². The van der Waals surface area contributed by atoms with Crippen molar-refractivity contribution in [2.75, 3.05) is 26.2 Å². The van der Waals surface area contributed by atoms with Crippen LogP contribution in [0.2, 0.25) is 0 Å². The van der Waals surface area contributed by atoms with Crippen LogP contribution in [-0.4, -0.2) is 172 Å². The zero-order valence-corrected chi connectivity index (χ0v) is 54.9. The summed E-state index contributed by atoms with van der Waals surface area (Å²) in [6.07, 6.45) is 0.279. The molecule has 3 saturated heterocycles. The number of nitrogens with one attached hydrogen (secondary N) is 9. The van der Waals surface area contributed by atoms with Crippen molar-refractivity contribution in [2.24, 2.45) is 17.4 Å². The van der Waals surface area contributed by atoms with Crippen molar-refractivity contribution in [2.45, 2.75) is 184 Å². The molecule has 4 aromatic rings. The second-order valence-corrected chi connectivity index (χ2v) is 25.3.